The summed E-state index contributed by atoms with van der Waals surface area (Å²) in [5, 5.41) is 25.9. The number of nitrogens with zero attached hydrogens (tertiary/aromatic N) is 6. The van der Waals surface area contributed by atoms with Gasteiger partial charge < -0.3 is 4.57 Å². The smallest absolute Gasteiger partial charge is 0.140 e. The van der Waals surface area contributed by atoms with Gasteiger partial charge in [-0.25, -0.2) is 4.98 Å². The van der Waals surface area contributed by atoms with Gasteiger partial charge in [-0.2, -0.15) is 10.5 Å². The van der Waals surface area contributed by atoms with E-state index in [-0.39, 0.29) is 0 Å². The SMILES string of the molecule is N#Cc1ccc2c(c1)c1cc(C#N)ccc1n2-c1cccc(-n2c3ccccc3c3cc4c5ccccc5n(-c5ccccc5)c4cc32)n1. The minimum atomic E-state index is 0.570. The summed E-state index contributed by atoms with van der Waals surface area (Å²) in [4.78, 5) is 5.34. The summed E-state index contributed by atoms with van der Waals surface area (Å²) in [6, 6.07) is 54.3. The van der Waals surface area contributed by atoms with Crippen molar-refractivity contribution >= 4 is 65.4 Å². The first kappa shape index (κ1) is 27.0. The van der Waals surface area contributed by atoms with E-state index in [0.29, 0.717) is 11.1 Å². The fraction of sp³-hybridized carbons (Fsp3) is 0. The Labute approximate surface area is 280 Å². The van der Waals surface area contributed by atoms with Gasteiger partial charge in [-0.1, -0.05) is 60.7 Å². The molecular formula is C43H24N6. The number of hydrogen-bond donors (Lipinski definition) is 0. The third-order valence-electron chi connectivity index (χ3n) is 9.68. The molecular weight excluding hydrogens is 601 g/mol. The molecule has 0 amide bonds. The van der Waals surface area contributed by atoms with Crippen molar-refractivity contribution < 1.29 is 0 Å². The van der Waals surface area contributed by atoms with Crippen LogP contribution in [0.4, 0.5) is 0 Å². The van der Waals surface area contributed by atoms with Crippen LogP contribution in [0.5, 0.6) is 0 Å². The molecule has 0 bridgehead atoms. The van der Waals surface area contributed by atoms with Gasteiger partial charge in [0.15, 0.2) is 0 Å². The fourth-order valence-corrected chi connectivity index (χ4v) is 7.60. The lowest BCUT2D eigenvalue weighted by molar-refractivity contribution is 1.01. The fourth-order valence-electron chi connectivity index (χ4n) is 7.60. The lowest BCUT2D eigenvalue weighted by Crippen LogP contribution is -2.03. The van der Waals surface area contributed by atoms with Gasteiger partial charge >= 0.3 is 0 Å². The highest BCUT2D eigenvalue weighted by Gasteiger charge is 2.20. The normalized spacial score (nSPS) is 11.6. The molecule has 0 radical (unpaired) electrons. The zero-order valence-electron chi connectivity index (χ0n) is 26.0. The molecule has 0 aliphatic rings. The standard InChI is InChI=1S/C43H24N6/c44-25-27-17-19-38-32(21-27)33-22-28(26-45)18-20-39(33)48(38)42-15-8-16-43(46-42)49-37-14-7-5-12-31(37)35-23-34-30-11-4-6-13-36(30)47(40(34)24-41(35)49)29-9-2-1-3-10-29/h1-24H. The van der Waals surface area contributed by atoms with E-state index in [2.05, 4.69) is 117 Å². The quantitative estimate of drug-likeness (QED) is 0.196. The van der Waals surface area contributed by atoms with Crippen molar-refractivity contribution in [3.05, 3.63) is 157 Å². The van der Waals surface area contributed by atoms with Crippen LogP contribution in [-0.2, 0) is 0 Å². The first-order valence-electron chi connectivity index (χ1n) is 16.1. The van der Waals surface area contributed by atoms with Gasteiger partial charge in [-0.05, 0) is 84.9 Å². The van der Waals surface area contributed by atoms with Crippen molar-refractivity contribution in [3.8, 4) is 29.5 Å². The summed E-state index contributed by atoms with van der Waals surface area (Å²) in [6.45, 7) is 0. The Morgan fingerprint density at radius 1 is 0.367 bits per heavy atom. The second kappa shape index (κ2) is 10.2. The first-order valence-corrected chi connectivity index (χ1v) is 16.1. The average Bonchev–Trinajstić information content (AvgIpc) is 3.78. The molecule has 49 heavy (non-hydrogen) atoms. The van der Waals surface area contributed by atoms with Gasteiger partial charge in [0.2, 0.25) is 0 Å². The van der Waals surface area contributed by atoms with Crippen molar-refractivity contribution in [1.29, 1.82) is 10.5 Å². The van der Waals surface area contributed by atoms with E-state index in [1.54, 1.807) is 0 Å². The zero-order valence-corrected chi connectivity index (χ0v) is 26.0. The third-order valence-corrected chi connectivity index (χ3v) is 9.68. The second-order valence-corrected chi connectivity index (χ2v) is 12.3. The minimum absolute atomic E-state index is 0.570. The van der Waals surface area contributed by atoms with Crippen LogP contribution < -0.4 is 0 Å². The van der Waals surface area contributed by atoms with Crippen LogP contribution in [0, 0.1) is 22.7 Å². The molecule has 0 aliphatic carbocycles. The van der Waals surface area contributed by atoms with Crippen LogP contribution in [-0.4, -0.2) is 18.7 Å². The minimum Gasteiger partial charge on any atom is -0.309 e. The molecule has 0 atom stereocenters. The lowest BCUT2D eigenvalue weighted by atomic mass is 10.1. The van der Waals surface area contributed by atoms with Crippen molar-refractivity contribution in [2.45, 2.75) is 0 Å². The maximum Gasteiger partial charge on any atom is 0.140 e. The highest BCUT2D eigenvalue weighted by molar-refractivity contribution is 6.19. The Morgan fingerprint density at radius 3 is 1.43 bits per heavy atom. The molecule has 4 heterocycles. The predicted octanol–water partition coefficient (Wildman–Crippen LogP) is 10.1. The highest BCUT2D eigenvalue weighted by Crippen LogP contribution is 2.40. The van der Waals surface area contributed by atoms with Crippen molar-refractivity contribution in [2.24, 2.45) is 0 Å². The van der Waals surface area contributed by atoms with Crippen molar-refractivity contribution in [2.75, 3.05) is 0 Å². The number of rotatable bonds is 3. The molecule has 0 saturated carbocycles. The van der Waals surface area contributed by atoms with Crippen molar-refractivity contribution in [1.82, 2.24) is 18.7 Å². The van der Waals surface area contributed by atoms with Crippen LogP contribution in [0.2, 0.25) is 0 Å². The number of aromatic nitrogens is 4. The topological polar surface area (TPSA) is 75.3 Å². The molecule has 226 valence electrons. The molecule has 10 aromatic rings. The molecule has 4 aromatic heterocycles. The molecule has 6 aromatic carbocycles. The van der Waals surface area contributed by atoms with Gasteiger partial charge in [-0.15, -0.1) is 0 Å². The van der Waals surface area contributed by atoms with Gasteiger partial charge in [0.25, 0.3) is 0 Å². The van der Waals surface area contributed by atoms with Crippen molar-refractivity contribution in [3.63, 3.8) is 0 Å². The molecule has 0 fully saturated rings. The molecule has 0 unspecified atom stereocenters. The number of para-hydroxylation sites is 3. The maximum atomic E-state index is 9.67. The van der Waals surface area contributed by atoms with E-state index in [1.165, 1.54) is 10.8 Å². The van der Waals surface area contributed by atoms with E-state index >= 15 is 0 Å². The van der Waals surface area contributed by atoms with Gasteiger partial charge in [0.05, 0.1) is 56.4 Å². The summed E-state index contributed by atoms with van der Waals surface area (Å²) in [6.07, 6.45) is 0. The third kappa shape index (κ3) is 3.83. The number of nitriles is 2. The molecule has 6 heteroatoms. The van der Waals surface area contributed by atoms with Gasteiger partial charge in [0, 0.05) is 38.0 Å². The van der Waals surface area contributed by atoms with Crippen LogP contribution >= 0.6 is 0 Å². The molecule has 0 spiro atoms. The number of benzene rings is 6. The van der Waals surface area contributed by atoms with E-state index in [0.717, 1.165) is 72.0 Å². The Morgan fingerprint density at radius 2 is 0.837 bits per heavy atom. The maximum absolute atomic E-state index is 9.67. The zero-order chi connectivity index (χ0) is 32.6. The Hall–Kier alpha value is -7.15. The van der Waals surface area contributed by atoms with E-state index in [1.807, 2.05) is 54.6 Å². The molecule has 0 saturated heterocycles. The number of pyridine rings is 1. The van der Waals surface area contributed by atoms with Crippen LogP contribution in [0.1, 0.15) is 11.1 Å². The summed E-state index contributed by atoms with van der Waals surface area (Å²) in [7, 11) is 0. The number of hydrogen-bond acceptors (Lipinski definition) is 3. The summed E-state index contributed by atoms with van der Waals surface area (Å²) in [5.74, 6) is 1.54. The Balaban J connectivity index is 1.28. The monoisotopic (exact) mass is 624 g/mol. The average molecular weight is 625 g/mol. The summed E-state index contributed by atoms with van der Waals surface area (Å²) >= 11 is 0. The Bertz CT molecular complexity index is 3000. The summed E-state index contributed by atoms with van der Waals surface area (Å²) < 4.78 is 6.73. The first-order chi connectivity index (χ1) is 24.2. The van der Waals surface area contributed by atoms with E-state index in [4.69, 9.17) is 4.98 Å². The Kier molecular flexibility index (Phi) is 5.61. The lowest BCUT2D eigenvalue weighted by Gasteiger charge is -2.12. The molecule has 10 rings (SSSR count). The molecule has 6 nitrogen and oxygen atoms in total. The van der Waals surface area contributed by atoms with Gasteiger partial charge in [-0.3, -0.25) is 9.13 Å². The molecule has 0 N–H and O–H groups in total. The number of fused-ring (bicyclic) bond motifs is 9. The highest BCUT2D eigenvalue weighted by atomic mass is 15.1. The van der Waals surface area contributed by atoms with Crippen LogP contribution in [0.3, 0.4) is 0 Å². The van der Waals surface area contributed by atoms with Gasteiger partial charge in [0.1, 0.15) is 11.6 Å². The molecule has 0 aliphatic heterocycles. The van der Waals surface area contributed by atoms with E-state index in [9.17, 15) is 10.5 Å². The van der Waals surface area contributed by atoms with Crippen LogP contribution in [0.25, 0.3) is 82.7 Å². The predicted molar refractivity (Wildman–Crippen MR) is 197 cm³/mol. The van der Waals surface area contributed by atoms with Crippen LogP contribution in [0.15, 0.2) is 146 Å². The van der Waals surface area contributed by atoms with E-state index < -0.39 is 0 Å². The largest absolute Gasteiger partial charge is 0.309 e. The summed E-state index contributed by atoms with van der Waals surface area (Å²) in [5.41, 5.74) is 8.53. The second-order valence-electron chi connectivity index (χ2n) is 12.3.